The SMILES string of the molecule is O=C(Cn1nnc(-c2ccccc2)n1)NN=Cc1cc(Br)c(O)cc1O. The molecule has 0 atom stereocenters. The lowest BCUT2D eigenvalue weighted by Gasteiger charge is -2.02. The minimum Gasteiger partial charge on any atom is -0.507 e. The monoisotopic (exact) mass is 416 g/mol. The Labute approximate surface area is 156 Å². The molecule has 3 N–H and O–H groups in total. The maximum absolute atomic E-state index is 11.9. The topological polar surface area (TPSA) is 126 Å². The number of hydrazone groups is 1. The number of hydrogen-bond donors (Lipinski definition) is 3. The van der Waals surface area contributed by atoms with E-state index in [2.05, 4.69) is 41.9 Å². The van der Waals surface area contributed by atoms with E-state index in [1.165, 1.54) is 12.3 Å². The Hall–Kier alpha value is -3.27. The van der Waals surface area contributed by atoms with Gasteiger partial charge in [0.1, 0.15) is 18.0 Å². The minimum absolute atomic E-state index is 0.102. The van der Waals surface area contributed by atoms with Crippen molar-refractivity contribution in [3.8, 4) is 22.9 Å². The van der Waals surface area contributed by atoms with Crippen molar-refractivity contribution < 1.29 is 15.0 Å². The number of rotatable bonds is 5. The molecule has 0 spiro atoms. The highest BCUT2D eigenvalue weighted by Gasteiger charge is 2.09. The van der Waals surface area contributed by atoms with Crippen molar-refractivity contribution in [2.75, 3.05) is 0 Å². The third-order valence-corrected chi connectivity index (χ3v) is 3.89. The first kappa shape index (κ1) is 17.5. The summed E-state index contributed by atoms with van der Waals surface area (Å²) in [5.41, 5.74) is 3.42. The fourth-order valence-electron chi connectivity index (χ4n) is 2.02. The van der Waals surface area contributed by atoms with Gasteiger partial charge in [0, 0.05) is 17.2 Å². The highest BCUT2D eigenvalue weighted by molar-refractivity contribution is 9.10. The zero-order valence-corrected chi connectivity index (χ0v) is 14.8. The van der Waals surface area contributed by atoms with Crippen molar-refractivity contribution >= 4 is 28.1 Å². The molecule has 3 rings (SSSR count). The van der Waals surface area contributed by atoms with E-state index in [9.17, 15) is 15.0 Å². The Morgan fingerprint density at radius 1 is 1.23 bits per heavy atom. The normalized spacial score (nSPS) is 11.0. The number of phenols is 2. The molecule has 0 saturated heterocycles. The average Bonchev–Trinajstić information content (AvgIpc) is 3.08. The summed E-state index contributed by atoms with van der Waals surface area (Å²) in [4.78, 5) is 13.0. The average molecular weight is 417 g/mol. The van der Waals surface area contributed by atoms with Gasteiger partial charge in [-0.15, -0.1) is 10.2 Å². The first-order valence-electron chi connectivity index (χ1n) is 7.39. The number of carbonyl (C=O) groups excluding carboxylic acids is 1. The molecule has 1 heterocycles. The smallest absolute Gasteiger partial charge is 0.263 e. The van der Waals surface area contributed by atoms with Crippen molar-refractivity contribution in [1.29, 1.82) is 0 Å². The number of nitrogens with one attached hydrogen (secondary N) is 1. The molecule has 0 aliphatic rings. The summed E-state index contributed by atoms with van der Waals surface area (Å²) in [5.74, 6) is -0.319. The van der Waals surface area contributed by atoms with Crippen LogP contribution in [-0.4, -0.2) is 42.5 Å². The van der Waals surface area contributed by atoms with Crippen LogP contribution in [0.4, 0.5) is 0 Å². The molecule has 132 valence electrons. The Balaban J connectivity index is 1.60. The van der Waals surface area contributed by atoms with Gasteiger partial charge in [0.05, 0.1) is 10.7 Å². The fourth-order valence-corrected chi connectivity index (χ4v) is 2.38. The van der Waals surface area contributed by atoms with Crippen molar-refractivity contribution in [2.45, 2.75) is 6.54 Å². The van der Waals surface area contributed by atoms with E-state index in [0.717, 1.165) is 16.4 Å². The van der Waals surface area contributed by atoms with Gasteiger partial charge in [-0.3, -0.25) is 4.79 Å². The number of halogens is 1. The van der Waals surface area contributed by atoms with Gasteiger partial charge >= 0.3 is 0 Å². The quantitative estimate of drug-likeness (QED) is 0.428. The third-order valence-electron chi connectivity index (χ3n) is 3.26. The second kappa shape index (κ2) is 7.74. The lowest BCUT2D eigenvalue weighted by molar-refractivity contribution is -0.122. The van der Waals surface area contributed by atoms with E-state index in [4.69, 9.17) is 0 Å². The second-order valence-electron chi connectivity index (χ2n) is 5.17. The van der Waals surface area contributed by atoms with Crippen molar-refractivity contribution in [1.82, 2.24) is 25.6 Å². The minimum atomic E-state index is -0.462. The number of amides is 1. The molecular formula is C16H13BrN6O3. The Morgan fingerprint density at radius 2 is 2.00 bits per heavy atom. The van der Waals surface area contributed by atoms with Gasteiger partial charge in [0.25, 0.3) is 5.91 Å². The van der Waals surface area contributed by atoms with Gasteiger partial charge in [0.2, 0.25) is 5.82 Å². The molecule has 26 heavy (non-hydrogen) atoms. The maximum atomic E-state index is 11.9. The molecule has 0 aliphatic carbocycles. The lowest BCUT2D eigenvalue weighted by atomic mass is 10.2. The molecule has 1 aromatic heterocycles. The summed E-state index contributed by atoms with van der Waals surface area (Å²) in [6.07, 6.45) is 1.25. The van der Waals surface area contributed by atoms with Crippen LogP contribution in [0, 0.1) is 0 Å². The second-order valence-corrected chi connectivity index (χ2v) is 6.02. The number of carbonyl (C=O) groups is 1. The highest BCUT2D eigenvalue weighted by Crippen LogP contribution is 2.30. The van der Waals surface area contributed by atoms with Crippen LogP contribution < -0.4 is 5.43 Å². The Morgan fingerprint density at radius 3 is 2.77 bits per heavy atom. The molecule has 0 radical (unpaired) electrons. The molecule has 0 saturated carbocycles. The first-order chi connectivity index (χ1) is 12.5. The predicted octanol–water partition coefficient (Wildman–Crippen LogP) is 1.66. The molecule has 2 aromatic carbocycles. The summed E-state index contributed by atoms with van der Waals surface area (Å²) in [7, 11) is 0. The fraction of sp³-hybridized carbons (Fsp3) is 0.0625. The molecule has 0 aliphatic heterocycles. The molecule has 0 fully saturated rings. The number of benzene rings is 2. The van der Waals surface area contributed by atoms with Gasteiger partial charge in [-0.1, -0.05) is 30.3 Å². The zero-order chi connectivity index (χ0) is 18.5. The van der Waals surface area contributed by atoms with Crippen LogP contribution in [0.3, 0.4) is 0 Å². The number of aromatic nitrogens is 4. The number of phenolic OH excluding ortho intramolecular Hbond substituents is 2. The van der Waals surface area contributed by atoms with Crippen LogP contribution in [0.5, 0.6) is 11.5 Å². The Kier molecular flexibility index (Phi) is 5.23. The van der Waals surface area contributed by atoms with E-state index in [1.54, 1.807) is 0 Å². The standard InChI is InChI=1S/C16H13BrN6O3/c17-12-6-11(13(24)7-14(12)25)8-18-19-15(26)9-23-21-16(20-22-23)10-4-2-1-3-5-10/h1-8,24-25H,9H2,(H,19,26). The summed E-state index contributed by atoms with van der Waals surface area (Å²) < 4.78 is 0.392. The number of hydrogen-bond acceptors (Lipinski definition) is 7. The zero-order valence-electron chi connectivity index (χ0n) is 13.2. The van der Waals surface area contributed by atoms with E-state index in [1.807, 2.05) is 30.3 Å². The molecular weight excluding hydrogens is 404 g/mol. The van der Waals surface area contributed by atoms with Crippen LogP contribution in [0.25, 0.3) is 11.4 Å². The molecule has 0 unspecified atom stereocenters. The third kappa shape index (κ3) is 4.22. The van der Waals surface area contributed by atoms with E-state index in [-0.39, 0.29) is 18.0 Å². The van der Waals surface area contributed by atoms with Crippen LogP contribution in [0.1, 0.15) is 5.56 Å². The van der Waals surface area contributed by atoms with Gasteiger partial charge < -0.3 is 10.2 Å². The van der Waals surface area contributed by atoms with Crippen LogP contribution in [0.15, 0.2) is 52.0 Å². The number of tetrazole rings is 1. The summed E-state index contributed by atoms with van der Waals surface area (Å²) in [6, 6.07) is 11.9. The van der Waals surface area contributed by atoms with E-state index < -0.39 is 5.91 Å². The predicted molar refractivity (Wildman–Crippen MR) is 96.5 cm³/mol. The Bertz CT molecular complexity index is 958. The van der Waals surface area contributed by atoms with Crippen molar-refractivity contribution in [3.63, 3.8) is 0 Å². The van der Waals surface area contributed by atoms with Gasteiger partial charge in [-0.25, -0.2) is 5.43 Å². The first-order valence-corrected chi connectivity index (χ1v) is 8.19. The highest BCUT2D eigenvalue weighted by atomic mass is 79.9. The van der Waals surface area contributed by atoms with Gasteiger partial charge in [-0.05, 0) is 27.2 Å². The lowest BCUT2D eigenvalue weighted by Crippen LogP contribution is -2.24. The van der Waals surface area contributed by atoms with Crippen LogP contribution >= 0.6 is 15.9 Å². The molecule has 3 aromatic rings. The van der Waals surface area contributed by atoms with E-state index in [0.29, 0.717) is 15.9 Å². The number of aromatic hydroxyl groups is 2. The summed E-state index contributed by atoms with van der Waals surface area (Å²) >= 11 is 3.13. The largest absolute Gasteiger partial charge is 0.507 e. The van der Waals surface area contributed by atoms with Crippen molar-refractivity contribution in [2.24, 2.45) is 5.10 Å². The summed E-state index contributed by atoms with van der Waals surface area (Å²) in [6.45, 7) is -0.164. The van der Waals surface area contributed by atoms with E-state index >= 15 is 0 Å². The molecule has 10 heteroatoms. The maximum Gasteiger partial charge on any atom is 0.263 e. The van der Waals surface area contributed by atoms with Crippen molar-refractivity contribution in [3.05, 3.63) is 52.5 Å². The summed E-state index contributed by atoms with van der Waals surface area (Å²) in [5, 5.41) is 34.8. The molecule has 0 bridgehead atoms. The van der Waals surface area contributed by atoms with Gasteiger partial charge in [0.15, 0.2) is 0 Å². The molecule has 1 amide bonds. The van der Waals surface area contributed by atoms with Crippen LogP contribution in [0.2, 0.25) is 0 Å². The number of nitrogens with zero attached hydrogens (tertiary/aromatic N) is 5. The van der Waals surface area contributed by atoms with Crippen LogP contribution in [-0.2, 0) is 11.3 Å². The molecule has 9 nitrogen and oxygen atoms in total. The van der Waals surface area contributed by atoms with Gasteiger partial charge in [-0.2, -0.15) is 9.90 Å².